The molecule has 0 spiro atoms. The SMILES string of the molecule is CC1C(CO)CCN1Cc1ccccn1. The van der Waals surface area contributed by atoms with Crippen LogP contribution in [0.3, 0.4) is 0 Å². The molecule has 2 rings (SSSR count). The van der Waals surface area contributed by atoms with Crippen LogP contribution < -0.4 is 0 Å². The fourth-order valence-corrected chi connectivity index (χ4v) is 2.24. The Morgan fingerprint density at radius 1 is 1.53 bits per heavy atom. The largest absolute Gasteiger partial charge is 0.396 e. The van der Waals surface area contributed by atoms with Gasteiger partial charge in [-0.05, 0) is 37.9 Å². The molecule has 0 bridgehead atoms. The molecule has 0 aliphatic carbocycles. The van der Waals surface area contributed by atoms with E-state index in [0.29, 0.717) is 18.6 Å². The maximum atomic E-state index is 9.18. The summed E-state index contributed by atoms with van der Waals surface area (Å²) in [6, 6.07) is 6.48. The van der Waals surface area contributed by atoms with Crippen LogP contribution in [0.15, 0.2) is 24.4 Å². The number of hydrogen-bond acceptors (Lipinski definition) is 3. The van der Waals surface area contributed by atoms with Crippen LogP contribution in [0.25, 0.3) is 0 Å². The Bertz CT molecular complexity index is 302. The van der Waals surface area contributed by atoms with E-state index in [9.17, 15) is 5.11 Å². The Balaban J connectivity index is 1.96. The van der Waals surface area contributed by atoms with Gasteiger partial charge in [0.05, 0.1) is 5.69 Å². The van der Waals surface area contributed by atoms with Crippen LogP contribution in [0.5, 0.6) is 0 Å². The van der Waals surface area contributed by atoms with Crippen molar-refractivity contribution in [1.82, 2.24) is 9.88 Å². The predicted molar refractivity (Wildman–Crippen MR) is 59.3 cm³/mol. The number of likely N-dealkylation sites (tertiary alicyclic amines) is 1. The summed E-state index contributed by atoms with van der Waals surface area (Å²) >= 11 is 0. The van der Waals surface area contributed by atoms with E-state index in [1.807, 2.05) is 18.3 Å². The highest BCUT2D eigenvalue weighted by atomic mass is 16.3. The average Bonchev–Trinajstić information content (AvgIpc) is 2.62. The summed E-state index contributed by atoms with van der Waals surface area (Å²) in [6.07, 6.45) is 2.93. The molecule has 3 nitrogen and oxygen atoms in total. The quantitative estimate of drug-likeness (QED) is 0.809. The summed E-state index contributed by atoms with van der Waals surface area (Å²) in [5, 5.41) is 9.18. The molecule has 82 valence electrons. The molecule has 1 fully saturated rings. The van der Waals surface area contributed by atoms with Gasteiger partial charge in [-0.2, -0.15) is 0 Å². The molecule has 15 heavy (non-hydrogen) atoms. The first-order chi connectivity index (χ1) is 7.31. The lowest BCUT2D eigenvalue weighted by atomic mass is 10.0. The minimum Gasteiger partial charge on any atom is -0.396 e. The Kier molecular flexibility index (Phi) is 3.34. The third kappa shape index (κ3) is 2.36. The minimum atomic E-state index is 0.305. The van der Waals surface area contributed by atoms with E-state index in [1.54, 1.807) is 0 Å². The maximum Gasteiger partial charge on any atom is 0.0544 e. The summed E-state index contributed by atoms with van der Waals surface area (Å²) in [6.45, 7) is 4.47. The van der Waals surface area contributed by atoms with Gasteiger partial charge in [0, 0.05) is 25.4 Å². The third-order valence-electron chi connectivity index (χ3n) is 3.37. The highest BCUT2D eigenvalue weighted by Crippen LogP contribution is 2.24. The van der Waals surface area contributed by atoms with Gasteiger partial charge in [-0.3, -0.25) is 9.88 Å². The van der Waals surface area contributed by atoms with Crippen LogP contribution in [0.4, 0.5) is 0 Å². The normalized spacial score (nSPS) is 27.1. The van der Waals surface area contributed by atoms with Gasteiger partial charge in [0.25, 0.3) is 0 Å². The van der Waals surface area contributed by atoms with Crippen molar-refractivity contribution in [3.05, 3.63) is 30.1 Å². The van der Waals surface area contributed by atoms with Gasteiger partial charge in [0.15, 0.2) is 0 Å². The average molecular weight is 206 g/mol. The van der Waals surface area contributed by atoms with Crippen LogP contribution in [0.1, 0.15) is 19.0 Å². The van der Waals surface area contributed by atoms with Crippen molar-refractivity contribution in [2.45, 2.75) is 25.9 Å². The van der Waals surface area contributed by atoms with Crippen LogP contribution >= 0.6 is 0 Å². The first kappa shape index (κ1) is 10.6. The number of nitrogens with zero attached hydrogens (tertiary/aromatic N) is 2. The second kappa shape index (κ2) is 4.73. The maximum absolute atomic E-state index is 9.18. The van der Waals surface area contributed by atoms with Gasteiger partial charge in [-0.1, -0.05) is 6.07 Å². The van der Waals surface area contributed by atoms with Crippen molar-refractivity contribution in [2.75, 3.05) is 13.2 Å². The molecule has 0 amide bonds. The Morgan fingerprint density at radius 3 is 3.00 bits per heavy atom. The van der Waals surface area contributed by atoms with Crippen molar-refractivity contribution < 1.29 is 5.11 Å². The van der Waals surface area contributed by atoms with E-state index in [0.717, 1.165) is 25.2 Å². The molecular weight excluding hydrogens is 188 g/mol. The molecule has 1 aromatic rings. The zero-order valence-corrected chi connectivity index (χ0v) is 9.13. The number of aromatic nitrogens is 1. The fraction of sp³-hybridized carbons (Fsp3) is 0.583. The molecule has 2 unspecified atom stereocenters. The van der Waals surface area contributed by atoms with Crippen molar-refractivity contribution in [2.24, 2.45) is 5.92 Å². The van der Waals surface area contributed by atoms with Gasteiger partial charge in [-0.15, -0.1) is 0 Å². The van der Waals surface area contributed by atoms with Crippen molar-refractivity contribution in [3.63, 3.8) is 0 Å². The summed E-state index contributed by atoms with van der Waals surface area (Å²) in [5.41, 5.74) is 1.11. The lowest BCUT2D eigenvalue weighted by molar-refractivity contribution is 0.172. The van der Waals surface area contributed by atoms with E-state index in [2.05, 4.69) is 22.9 Å². The third-order valence-corrected chi connectivity index (χ3v) is 3.37. The molecule has 0 radical (unpaired) electrons. The molecule has 3 heteroatoms. The van der Waals surface area contributed by atoms with Crippen LogP contribution in [-0.2, 0) is 6.54 Å². The van der Waals surface area contributed by atoms with E-state index >= 15 is 0 Å². The molecule has 0 aromatic carbocycles. The molecule has 0 saturated carbocycles. The minimum absolute atomic E-state index is 0.305. The van der Waals surface area contributed by atoms with Crippen molar-refractivity contribution in [1.29, 1.82) is 0 Å². The van der Waals surface area contributed by atoms with E-state index in [-0.39, 0.29) is 0 Å². The standard InChI is InChI=1S/C12H18N2O/c1-10-11(9-15)5-7-14(10)8-12-4-2-3-6-13-12/h2-4,6,10-11,15H,5,7-9H2,1H3. The highest BCUT2D eigenvalue weighted by molar-refractivity contribution is 5.04. The summed E-state index contributed by atoms with van der Waals surface area (Å²) in [7, 11) is 0. The Morgan fingerprint density at radius 2 is 2.40 bits per heavy atom. The zero-order chi connectivity index (χ0) is 10.7. The summed E-state index contributed by atoms with van der Waals surface area (Å²) in [4.78, 5) is 6.72. The van der Waals surface area contributed by atoms with Crippen LogP contribution in [0, 0.1) is 5.92 Å². The van der Waals surface area contributed by atoms with Gasteiger partial charge in [-0.25, -0.2) is 0 Å². The van der Waals surface area contributed by atoms with Crippen LogP contribution in [0.2, 0.25) is 0 Å². The van der Waals surface area contributed by atoms with E-state index < -0.39 is 0 Å². The smallest absolute Gasteiger partial charge is 0.0544 e. The van der Waals surface area contributed by atoms with Crippen LogP contribution in [-0.4, -0.2) is 34.2 Å². The lowest BCUT2D eigenvalue weighted by Gasteiger charge is -2.23. The van der Waals surface area contributed by atoms with Crippen molar-refractivity contribution >= 4 is 0 Å². The Hall–Kier alpha value is -0.930. The summed E-state index contributed by atoms with van der Waals surface area (Å²) in [5.74, 6) is 0.439. The monoisotopic (exact) mass is 206 g/mol. The molecular formula is C12H18N2O. The van der Waals surface area contributed by atoms with Crippen molar-refractivity contribution in [3.8, 4) is 0 Å². The molecule has 2 atom stereocenters. The fourth-order valence-electron chi connectivity index (χ4n) is 2.24. The molecule has 1 aliphatic rings. The highest BCUT2D eigenvalue weighted by Gasteiger charge is 2.29. The second-order valence-corrected chi connectivity index (χ2v) is 4.26. The molecule has 2 heterocycles. The first-order valence-electron chi connectivity index (χ1n) is 5.56. The number of hydrogen-bond donors (Lipinski definition) is 1. The van der Waals surface area contributed by atoms with Gasteiger partial charge >= 0.3 is 0 Å². The lowest BCUT2D eigenvalue weighted by Crippen LogP contribution is -2.30. The molecule has 1 N–H and O–H groups in total. The van der Waals surface area contributed by atoms with Gasteiger partial charge in [0.2, 0.25) is 0 Å². The molecule has 1 aliphatic heterocycles. The molecule has 1 saturated heterocycles. The number of aliphatic hydroxyl groups excluding tert-OH is 1. The summed E-state index contributed by atoms with van der Waals surface area (Å²) < 4.78 is 0. The Labute approximate surface area is 90.8 Å². The number of pyridine rings is 1. The first-order valence-corrected chi connectivity index (χ1v) is 5.56. The topological polar surface area (TPSA) is 36.4 Å². The molecule has 1 aromatic heterocycles. The van der Waals surface area contributed by atoms with E-state index in [4.69, 9.17) is 0 Å². The van der Waals surface area contributed by atoms with E-state index in [1.165, 1.54) is 0 Å². The predicted octanol–water partition coefficient (Wildman–Crippen LogP) is 1.28. The van der Waals surface area contributed by atoms with Gasteiger partial charge < -0.3 is 5.11 Å². The van der Waals surface area contributed by atoms with Gasteiger partial charge in [0.1, 0.15) is 0 Å². The number of aliphatic hydroxyl groups is 1. The second-order valence-electron chi connectivity index (χ2n) is 4.26. The zero-order valence-electron chi connectivity index (χ0n) is 9.13. The number of rotatable bonds is 3.